The molecule has 0 aromatic heterocycles. The molecule has 0 atom stereocenters. The fourth-order valence-corrected chi connectivity index (χ4v) is 7.71. The maximum Gasteiger partial charge on any atom is 0.349 e. The van der Waals surface area contributed by atoms with E-state index < -0.39 is 8.56 Å². The third-order valence-corrected chi connectivity index (χ3v) is 9.25. The summed E-state index contributed by atoms with van der Waals surface area (Å²) in [7, 11) is 1.36. The SMILES string of the molecule is CO[Si](OC)(C(C)(C)C)C(C)(C)C(C)C. The zero-order valence-corrected chi connectivity index (χ0v) is 12.9. The molecule has 0 radical (unpaired) electrons. The Hall–Kier alpha value is 0.137. The van der Waals surface area contributed by atoms with Gasteiger partial charge in [0.05, 0.1) is 0 Å². The number of rotatable bonds is 4. The van der Waals surface area contributed by atoms with Crippen molar-refractivity contribution in [1.82, 2.24) is 0 Å². The maximum atomic E-state index is 5.89. The lowest BCUT2D eigenvalue weighted by Gasteiger charge is -2.51. The Morgan fingerprint density at radius 1 is 0.867 bits per heavy atom. The molecule has 3 heteroatoms. The summed E-state index contributed by atoms with van der Waals surface area (Å²) in [6.45, 7) is 15.7. The fourth-order valence-electron chi connectivity index (χ4n) is 2.57. The van der Waals surface area contributed by atoms with Crippen molar-refractivity contribution in [2.24, 2.45) is 5.92 Å². The molecule has 0 rings (SSSR count). The first kappa shape index (κ1) is 15.1. The first-order chi connectivity index (χ1) is 6.56. The van der Waals surface area contributed by atoms with Gasteiger partial charge in [0.1, 0.15) is 0 Å². The van der Waals surface area contributed by atoms with Crippen LogP contribution in [0, 0.1) is 5.92 Å². The molecule has 0 heterocycles. The molecule has 0 aliphatic heterocycles. The Labute approximate surface area is 96.6 Å². The van der Waals surface area contributed by atoms with Gasteiger partial charge in [0.15, 0.2) is 0 Å². The van der Waals surface area contributed by atoms with Crippen molar-refractivity contribution in [2.45, 2.75) is 58.5 Å². The van der Waals surface area contributed by atoms with Gasteiger partial charge in [-0.1, -0.05) is 48.5 Å². The van der Waals surface area contributed by atoms with Gasteiger partial charge in [0.2, 0.25) is 0 Å². The fraction of sp³-hybridized carbons (Fsp3) is 1.00. The third kappa shape index (κ3) is 2.29. The maximum absolute atomic E-state index is 5.89. The van der Waals surface area contributed by atoms with Gasteiger partial charge in [0, 0.05) is 24.3 Å². The average molecular weight is 232 g/mol. The topological polar surface area (TPSA) is 18.5 Å². The van der Waals surface area contributed by atoms with Crippen LogP contribution in [-0.2, 0) is 8.85 Å². The van der Waals surface area contributed by atoms with Crippen molar-refractivity contribution in [1.29, 1.82) is 0 Å². The van der Waals surface area contributed by atoms with Crippen molar-refractivity contribution in [3.63, 3.8) is 0 Å². The van der Waals surface area contributed by atoms with Crippen LogP contribution < -0.4 is 0 Å². The monoisotopic (exact) mass is 232 g/mol. The smallest absolute Gasteiger partial charge is 0.349 e. The first-order valence-corrected chi connectivity index (χ1v) is 7.48. The van der Waals surface area contributed by atoms with Crippen molar-refractivity contribution in [3.05, 3.63) is 0 Å². The van der Waals surface area contributed by atoms with Gasteiger partial charge in [0.25, 0.3) is 0 Å². The Morgan fingerprint density at radius 2 is 1.20 bits per heavy atom. The van der Waals surface area contributed by atoms with Crippen molar-refractivity contribution in [2.75, 3.05) is 14.2 Å². The lowest BCUT2D eigenvalue weighted by atomic mass is 9.99. The molecule has 0 saturated carbocycles. The molecule has 0 N–H and O–H groups in total. The van der Waals surface area contributed by atoms with Crippen LogP contribution in [0.15, 0.2) is 0 Å². The Balaban J connectivity index is 5.48. The van der Waals surface area contributed by atoms with Crippen molar-refractivity contribution >= 4 is 8.56 Å². The lowest BCUT2D eigenvalue weighted by molar-refractivity contribution is 0.166. The molecule has 0 unspecified atom stereocenters. The number of hydrogen-bond acceptors (Lipinski definition) is 2. The van der Waals surface area contributed by atoms with Gasteiger partial charge in [-0.05, 0) is 5.92 Å². The molecule has 92 valence electrons. The molecule has 0 aromatic rings. The normalized spacial score (nSPS) is 14.8. The second kappa shape index (κ2) is 4.56. The summed E-state index contributed by atoms with van der Waals surface area (Å²) < 4.78 is 11.8. The van der Waals surface area contributed by atoms with E-state index in [2.05, 4.69) is 48.5 Å². The van der Waals surface area contributed by atoms with Crippen LogP contribution in [0.25, 0.3) is 0 Å². The minimum absolute atomic E-state index is 0.0737. The standard InChI is InChI=1S/C12H28O2Si/c1-10(2)12(6,7)15(13-8,14-9)11(3,4)5/h10H,1-9H3. The predicted octanol–water partition coefficient (Wildman–Crippen LogP) is 3.96. The highest BCUT2D eigenvalue weighted by Gasteiger charge is 2.59. The van der Waals surface area contributed by atoms with Crippen LogP contribution in [0.5, 0.6) is 0 Å². The van der Waals surface area contributed by atoms with Gasteiger partial charge in [-0.15, -0.1) is 0 Å². The molecule has 2 nitrogen and oxygen atoms in total. The first-order valence-electron chi connectivity index (χ1n) is 5.67. The summed E-state index contributed by atoms with van der Waals surface area (Å²) in [4.78, 5) is 0. The molecular formula is C12H28O2Si. The minimum Gasteiger partial charge on any atom is -0.397 e. The molecular weight excluding hydrogens is 204 g/mol. The second-order valence-corrected chi connectivity index (χ2v) is 11.0. The van der Waals surface area contributed by atoms with E-state index >= 15 is 0 Å². The Morgan fingerprint density at radius 3 is 1.27 bits per heavy atom. The summed E-state index contributed by atoms with van der Waals surface area (Å²) >= 11 is 0. The van der Waals surface area contributed by atoms with Gasteiger partial charge < -0.3 is 8.85 Å². The van der Waals surface area contributed by atoms with E-state index in [4.69, 9.17) is 8.85 Å². The van der Waals surface area contributed by atoms with Gasteiger partial charge in [-0.2, -0.15) is 0 Å². The van der Waals surface area contributed by atoms with Crippen LogP contribution in [0.3, 0.4) is 0 Å². The van der Waals surface area contributed by atoms with E-state index in [9.17, 15) is 0 Å². The molecule has 0 spiro atoms. The average Bonchev–Trinajstić information content (AvgIpc) is 2.03. The highest BCUT2D eigenvalue weighted by molar-refractivity contribution is 6.73. The quantitative estimate of drug-likeness (QED) is 0.683. The minimum atomic E-state index is -2.24. The summed E-state index contributed by atoms with van der Waals surface area (Å²) in [5.74, 6) is 0.545. The van der Waals surface area contributed by atoms with E-state index in [1.807, 2.05) is 0 Å². The van der Waals surface area contributed by atoms with E-state index in [1.165, 1.54) is 0 Å². The van der Waals surface area contributed by atoms with E-state index in [-0.39, 0.29) is 10.1 Å². The molecule has 0 aromatic carbocycles. The van der Waals surface area contributed by atoms with Crippen LogP contribution in [0.1, 0.15) is 48.5 Å². The molecule has 0 saturated heterocycles. The zero-order chi connectivity index (χ0) is 12.5. The lowest BCUT2D eigenvalue weighted by Crippen LogP contribution is -2.58. The van der Waals surface area contributed by atoms with Crippen LogP contribution in [0.2, 0.25) is 10.1 Å². The highest BCUT2D eigenvalue weighted by atomic mass is 28.4. The van der Waals surface area contributed by atoms with Crippen LogP contribution >= 0.6 is 0 Å². The summed E-state index contributed by atoms with van der Waals surface area (Å²) in [5.41, 5.74) is 0. The van der Waals surface area contributed by atoms with Crippen LogP contribution in [0.4, 0.5) is 0 Å². The highest BCUT2D eigenvalue weighted by Crippen LogP contribution is 2.55. The molecule has 0 fully saturated rings. The Bertz CT molecular complexity index is 200. The Kier molecular flexibility index (Phi) is 4.60. The molecule has 15 heavy (non-hydrogen) atoms. The largest absolute Gasteiger partial charge is 0.397 e. The van der Waals surface area contributed by atoms with Crippen LogP contribution in [-0.4, -0.2) is 22.8 Å². The van der Waals surface area contributed by atoms with E-state index in [0.29, 0.717) is 5.92 Å². The zero-order valence-electron chi connectivity index (χ0n) is 11.9. The second-order valence-electron chi connectivity index (χ2n) is 6.15. The molecule has 0 aliphatic carbocycles. The number of hydrogen-bond donors (Lipinski definition) is 0. The summed E-state index contributed by atoms with van der Waals surface area (Å²) in [6, 6.07) is 0. The van der Waals surface area contributed by atoms with E-state index in [0.717, 1.165) is 0 Å². The summed E-state index contributed by atoms with van der Waals surface area (Å²) in [6.07, 6.45) is 0. The predicted molar refractivity (Wildman–Crippen MR) is 68.4 cm³/mol. The van der Waals surface area contributed by atoms with Crippen molar-refractivity contribution < 1.29 is 8.85 Å². The van der Waals surface area contributed by atoms with Gasteiger partial charge in [-0.3, -0.25) is 0 Å². The molecule has 0 amide bonds. The van der Waals surface area contributed by atoms with E-state index in [1.54, 1.807) is 14.2 Å². The van der Waals surface area contributed by atoms with Gasteiger partial charge >= 0.3 is 8.56 Å². The van der Waals surface area contributed by atoms with Crippen molar-refractivity contribution in [3.8, 4) is 0 Å². The van der Waals surface area contributed by atoms with Gasteiger partial charge in [-0.25, -0.2) is 0 Å². The molecule has 0 aliphatic rings. The summed E-state index contributed by atoms with van der Waals surface area (Å²) in [5, 5.41) is 0.166. The molecule has 0 bridgehead atoms. The third-order valence-electron chi connectivity index (χ3n) is 3.85.